The zero-order valence-electron chi connectivity index (χ0n) is 10.0. The minimum Gasteiger partial charge on any atom is -0.506 e. The van der Waals surface area contributed by atoms with E-state index >= 15 is 0 Å². The van der Waals surface area contributed by atoms with E-state index in [0.29, 0.717) is 0 Å². The summed E-state index contributed by atoms with van der Waals surface area (Å²) in [6.45, 7) is -0.712. The Balaban J connectivity index is 2.62. The van der Waals surface area contributed by atoms with Crippen LogP contribution in [0.25, 0.3) is 10.9 Å². The number of rotatable bonds is 3. The summed E-state index contributed by atoms with van der Waals surface area (Å²) in [6.07, 6.45) is 0. The van der Waals surface area contributed by atoms with Gasteiger partial charge in [-0.3, -0.25) is 14.4 Å². The Morgan fingerprint density at radius 2 is 1.90 bits per heavy atom. The van der Waals surface area contributed by atoms with Gasteiger partial charge in [0.2, 0.25) is 0 Å². The van der Waals surface area contributed by atoms with Crippen molar-refractivity contribution in [1.29, 1.82) is 0 Å². The molecule has 0 saturated carbocycles. The van der Waals surface area contributed by atoms with Crippen LogP contribution in [-0.4, -0.2) is 38.6 Å². The van der Waals surface area contributed by atoms with Gasteiger partial charge in [-0.25, -0.2) is 0 Å². The van der Waals surface area contributed by atoms with Gasteiger partial charge in [0.1, 0.15) is 17.9 Å². The molecule has 8 nitrogen and oxygen atoms in total. The standard InChI is InChI=1S/C12H10N2O6/c15-8(16)5-13-11(18)9-10(17)6-3-1-2-4-7(6)14(20)12(9)19/h1-4,17,20H,5H2,(H,13,18)(H,15,16). The van der Waals surface area contributed by atoms with E-state index in [4.69, 9.17) is 5.11 Å². The first-order valence-electron chi connectivity index (χ1n) is 5.49. The lowest BCUT2D eigenvalue weighted by molar-refractivity contribution is -0.135. The Morgan fingerprint density at radius 1 is 1.25 bits per heavy atom. The van der Waals surface area contributed by atoms with Gasteiger partial charge in [-0.2, -0.15) is 0 Å². The molecule has 0 bridgehead atoms. The van der Waals surface area contributed by atoms with Crippen molar-refractivity contribution in [2.75, 3.05) is 6.54 Å². The number of fused-ring (bicyclic) bond motifs is 1. The van der Waals surface area contributed by atoms with E-state index in [0.717, 1.165) is 0 Å². The van der Waals surface area contributed by atoms with E-state index < -0.39 is 35.3 Å². The molecule has 0 aliphatic rings. The van der Waals surface area contributed by atoms with Crippen molar-refractivity contribution in [1.82, 2.24) is 10.0 Å². The second-order valence-electron chi connectivity index (χ2n) is 3.93. The quantitative estimate of drug-likeness (QED) is 0.573. The lowest BCUT2D eigenvalue weighted by atomic mass is 10.1. The van der Waals surface area contributed by atoms with E-state index in [9.17, 15) is 24.7 Å². The summed E-state index contributed by atoms with van der Waals surface area (Å²) < 4.78 is 0.227. The van der Waals surface area contributed by atoms with E-state index in [1.807, 2.05) is 5.32 Å². The number of nitrogens with zero attached hydrogens (tertiary/aromatic N) is 1. The third-order valence-electron chi connectivity index (χ3n) is 2.66. The molecule has 0 aliphatic carbocycles. The highest BCUT2D eigenvalue weighted by atomic mass is 16.5. The largest absolute Gasteiger partial charge is 0.506 e. The molecule has 20 heavy (non-hydrogen) atoms. The maximum absolute atomic E-state index is 11.8. The van der Waals surface area contributed by atoms with E-state index in [1.54, 1.807) is 6.07 Å². The summed E-state index contributed by atoms with van der Waals surface area (Å²) in [6, 6.07) is 5.88. The number of aromatic nitrogens is 1. The van der Waals surface area contributed by atoms with Crippen molar-refractivity contribution in [3.8, 4) is 5.75 Å². The summed E-state index contributed by atoms with van der Waals surface area (Å²) in [5.41, 5.74) is -1.82. The number of aliphatic carboxylic acids is 1. The van der Waals surface area contributed by atoms with E-state index in [-0.39, 0.29) is 15.6 Å². The number of carbonyl (C=O) groups is 2. The molecule has 1 heterocycles. The summed E-state index contributed by atoms with van der Waals surface area (Å²) in [4.78, 5) is 33.9. The molecular weight excluding hydrogens is 268 g/mol. The monoisotopic (exact) mass is 278 g/mol. The molecular formula is C12H10N2O6. The molecule has 2 aromatic rings. The SMILES string of the molecule is O=C(O)CNC(=O)c1c(O)c2ccccc2n(O)c1=O. The van der Waals surface area contributed by atoms with Gasteiger partial charge >= 0.3 is 5.97 Å². The van der Waals surface area contributed by atoms with Gasteiger partial charge in [0, 0.05) is 5.39 Å². The van der Waals surface area contributed by atoms with Crippen LogP contribution in [0.3, 0.4) is 0 Å². The number of pyridine rings is 1. The van der Waals surface area contributed by atoms with E-state index in [2.05, 4.69) is 0 Å². The normalized spacial score (nSPS) is 10.4. The minimum absolute atomic E-state index is 0.0322. The van der Waals surface area contributed by atoms with Crippen LogP contribution in [0.5, 0.6) is 5.75 Å². The fraction of sp³-hybridized carbons (Fsp3) is 0.0833. The van der Waals surface area contributed by atoms with Crippen molar-refractivity contribution in [3.63, 3.8) is 0 Å². The van der Waals surface area contributed by atoms with Crippen LogP contribution in [0.1, 0.15) is 10.4 Å². The number of nitrogens with one attached hydrogen (secondary N) is 1. The molecule has 1 aromatic heterocycles. The van der Waals surface area contributed by atoms with Crippen LogP contribution in [-0.2, 0) is 4.79 Å². The highest BCUT2D eigenvalue weighted by Gasteiger charge is 2.22. The van der Waals surface area contributed by atoms with Crippen molar-refractivity contribution < 1.29 is 25.0 Å². The molecule has 104 valence electrons. The lowest BCUT2D eigenvalue weighted by Crippen LogP contribution is -2.35. The van der Waals surface area contributed by atoms with Crippen molar-refractivity contribution in [2.24, 2.45) is 0 Å². The molecule has 8 heteroatoms. The molecule has 0 saturated heterocycles. The molecule has 0 atom stereocenters. The van der Waals surface area contributed by atoms with Crippen LogP contribution in [0.2, 0.25) is 0 Å². The first-order chi connectivity index (χ1) is 9.43. The Morgan fingerprint density at radius 3 is 2.55 bits per heavy atom. The first-order valence-corrected chi connectivity index (χ1v) is 5.49. The Hall–Kier alpha value is -3.03. The number of amides is 1. The summed E-state index contributed by atoms with van der Waals surface area (Å²) in [5, 5.41) is 30.2. The molecule has 0 fully saturated rings. The fourth-order valence-corrected chi connectivity index (χ4v) is 1.76. The third-order valence-corrected chi connectivity index (χ3v) is 2.66. The second-order valence-corrected chi connectivity index (χ2v) is 3.93. The molecule has 0 unspecified atom stereocenters. The van der Waals surface area contributed by atoms with Crippen molar-refractivity contribution in [3.05, 3.63) is 40.2 Å². The van der Waals surface area contributed by atoms with E-state index in [1.165, 1.54) is 18.2 Å². The van der Waals surface area contributed by atoms with Gasteiger partial charge in [-0.1, -0.05) is 12.1 Å². The predicted octanol–water partition coefficient (Wildman–Crippen LogP) is -0.241. The highest BCUT2D eigenvalue weighted by molar-refractivity contribution is 6.02. The molecule has 0 spiro atoms. The summed E-state index contributed by atoms with van der Waals surface area (Å²) in [7, 11) is 0. The molecule has 1 amide bonds. The molecule has 2 rings (SSSR count). The number of carbonyl (C=O) groups excluding carboxylic acids is 1. The first kappa shape index (κ1) is 13.4. The van der Waals surface area contributed by atoms with Crippen molar-refractivity contribution >= 4 is 22.8 Å². The number of carboxylic acids is 1. The molecule has 1 aromatic carbocycles. The zero-order chi connectivity index (χ0) is 14.9. The molecule has 0 radical (unpaired) electrons. The number of benzene rings is 1. The average Bonchev–Trinajstić information content (AvgIpc) is 2.43. The minimum atomic E-state index is -1.30. The van der Waals surface area contributed by atoms with Gasteiger partial charge in [-0.15, -0.1) is 4.73 Å². The topological polar surface area (TPSA) is 129 Å². The third kappa shape index (κ3) is 2.14. The lowest BCUT2D eigenvalue weighted by Gasteiger charge is -2.09. The Kier molecular flexibility index (Phi) is 3.30. The number of hydrogen-bond donors (Lipinski definition) is 4. The average molecular weight is 278 g/mol. The predicted molar refractivity (Wildman–Crippen MR) is 67.0 cm³/mol. The van der Waals surface area contributed by atoms with Crippen LogP contribution in [0, 0.1) is 0 Å². The maximum atomic E-state index is 11.8. The maximum Gasteiger partial charge on any atom is 0.322 e. The van der Waals surface area contributed by atoms with Gasteiger partial charge in [0.05, 0.1) is 5.52 Å². The van der Waals surface area contributed by atoms with Gasteiger partial charge < -0.3 is 20.7 Å². The second kappa shape index (κ2) is 4.92. The van der Waals surface area contributed by atoms with Crippen LogP contribution >= 0.6 is 0 Å². The van der Waals surface area contributed by atoms with Crippen LogP contribution in [0.4, 0.5) is 0 Å². The van der Waals surface area contributed by atoms with Gasteiger partial charge in [0.15, 0.2) is 0 Å². The number of hydrogen-bond acceptors (Lipinski definition) is 5. The Bertz CT molecular complexity index is 764. The van der Waals surface area contributed by atoms with Gasteiger partial charge in [-0.05, 0) is 12.1 Å². The van der Waals surface area contributed by atoms with Crippen molar-refractivity contribution in [2.45, 2.75) is 0 Å². The number of para-hydroxylation sites is 1. The fourth-order valence-electron chi connectivity index (χ4n) is 1.76. The zero-order valence-corrected chi connectivity index (χ0v) is 10.0. The molecule has 0 aliphatic heterocycles. The number of aromatic hydroxyl groups is 1. The molecule has 4 N–H and O–H groups in total. The van der Waals surface area contributed by atoms with Crippen LogP contribution < -0.4 is 10.9 Å². The summed E-state index contributed by atoms with van der Waals surface area (Å²) in [5.74, 6) is -3.00. The van der Waals surface area contributed by atoms with Crippen LogP contribution in [0.15, 0.2) is 29.1 Å². The highest BCUT2D eigenvalue weighted by Crippen LogP contribution is 2.25. The Labute approximate surface area is 111 Å². The summed E-state index contributed by atoms with van der Waals surface area (Å²) >= 11 is 0. The smallest absolute Gasteiger partial charge is 0.322 e. The van der Waals surface area contributed by atoms with Gasteiger partial charge in [0.25, 0.3) is 11.5 Å². The number of carboxylic acid groups (broad SMARTS) is 1.